The van der Waals surface area contributed by atoms with Crippen LogP contribution in [-0.2, 0) is 11.2 Å². The van der Waals surface area contributed by atoms with Crippen LogP contribution in [0.5, 0.6) is 0 Å². The van der Waals surface area contributed by atoms with E-state index in [1.54, 1.807) is 6.33 Å². The summed E-state index contributed by atoms with van der Waals surface area (Å²) in [7, 11) is 0. The normalized spacial score (nSPS) is 15.6. The maximum absolute atomic E-state index is 12.5. The number of rotatable bonds is 6. The van der Waals surface area contributed by atoms with Crippen LogP contribution in [0.4, 0.5) is 5.82 Å². The summed E-state index contributed by atoms with van der Waals surface area (Å²) in [6, 6.07) is 15.0. The summed E-state index contributed by atoms with van der Waals surface area (Å²) in [6.07, 6.45) is 2.65. The topological polar surface area (TPSA) is 72.1 Å². The summed E-state index contributed by atoms with van der Waals surface area (Å²) in [4.78, 5) is 23.4. The van der Waals surface area contributed by atoms with Crippen molar-refractivity contribution in [2.24, 2.45) is 11.7 Å². The number of nitrogens with zero attached hydrogens (tertiary/aromatic N) is 3. The zero-order valence-corrected chi connectivity index (χ0v) is 15.6. The Morgan fingerprint density at radius 1 is 1.15 bits per heavy atom. The van der Waals surface area contributed by atoms with Crippen molar-refractivity contribution < 1.29 is 4.79 Å². The van der Waals surface area contributed by atoms with E-state index in [9.17, 15) is 4.79 Å². The molecule has 5 nitrogen and oxygen atoms in total. The number of halogens is 1. The highest BCUT2D eigenvalue weighted by Gasteiger charge is 2.31. The lowest BCUT2D eigenvalue weighted by atomic mass is 9.90. The van der Waals surface area contributed by atoms with Gasteiger partial charge in [-0.05, 0) is 36.2 Å². The van der Waals surface area contributed by atoms with Crippen molar-refractivity contribution >= 4 is 34.1 Å². The number of hydrogen-bond acceptors (Lipinski definition) is 5. The molecule has 4 rings (SSSR count). The molecular formula is C21H21ClN4O. The van der Waals surface area contributed by atoms with Gasteiger partial charge in [-0.3, -0.25) is 4.79 Å². The van der Waals surface area contributed by atoms with E-state index >= 15 is 0 Å². The van der Waals surface area contributed by atoms with Crippen molar-refractivity contribution in [2.45, 2.75) is 18.9 Å². The van der Waals surface area contributed by atoms with Crippen molar-refractivity contribution in [3.63, 3.8) is 0 Å². The third kappa shape index (κ3) is 3.94. The van der Waals surface area contributed by atoms with E-state index in [-0.39, 0.29) is 5.78 Å². The molecule has 1 atom stereocenters. The van der Waals surface area contributed by atoms with Gasteiger partial charge in [-0.25, -0.2) is 9.97 Å². The number of fused-ring (bicyclic) bond motifs is 1. The predicted octanol–water partition coefficient (Wildman–Crippen LogP) is 3.25. The Hall–Kier alpha value is -2.50. The maximum atomic E-state index is 12.5. The van der Waals surface area contributed by atoms with Crippen LogP contribution in [-0.4, -0.2) is 34.9 Å². The molecule has 1 aliphatic heterocycles. The van der Waals surface area contributed by atoms with Crippen molar-refractivity contribution in [3.05, 3.63) is 65.4 Å². The molecule has 2 heterocycles. The van der Waals surface area contributed by atoms with Gasteiger partial charge < -0.3 is 10.6 Å². The number of carbonyl (C=O) groups is 1. The summed E-state index contributed by atoms with van der Waals surface area (Å²) < 4.78 is 0. The molecule has 27 heavy (non-hydrogen) atoms. The van der Waals surface area contributed by atoms with E-state index in [2.05, 4.69) is 14.9 Å². The Morgan fingerprint density at radius 3 is 2.67 bits per heavy atom. The number of anilines is 1. The predicted molar refractivity (Wildman–Crippen MR) is 108 cm³/mol. The summed E-state index contributed by atoms with van der Waals surface area (Å²) in [5.74, 6) is 1.37. The largest absolute Gasteiger partial charge is 0.355 e. The fraction of sp³-hybridized carbons (Fsp3) is 0.286. The molecule has 1 aliphatic rings. The van der Waals surface area contributed by atoms with Crippen LogP contribution in [0.3, 0.4) is 0 Å². The highest BCUT2D eigenvalue weighted by molar-refractivity contribution is 6.30. The first-order valence-corrected chi connectivity index (χ1v) is 9.45. The fourth-order valence-corrected chi connectivity index (χ4v) is 3.66. The summed E-state index contributed by atoms with van der Waals surface area (Å²) in [5, 5.41) is 1.73. The molecule has 0 bridgehead atoms. The Kier molecular flexibility index (Phi) is 5.05. The van der Waals surface area contributed by atoms with Crippen LogP contribution in [0.15, 0.2) is 54.9 Å². The summed E-state index contributed by atoms with van der Waals surface area (Å²) >= 11 is 5.89. The van der Waals surface area contributed by atoms with Crippen molar-refractivity contribution in [3.8, 4) is 0 Å². The Morgan fingerprint density at radius 2 is 1.89 bits per heavy atom. The molecule has 3 aromatic rings. The van der Waals surface area contributed by atoms with Gasteiger partial charge in [0, 0.05) is 35.8 Å². The van der Waals surface area contributed by atoms with Gasteiger partial charge in [0.25, 0.3) is 0 Å². The maximum Gasteiger partial charge on any atom is 0.150 e. The number of carbonyl (C=O) groups excluding carboxylic acids is 1. The average Bonchev–Trinajstić information content (AvgIpc) is 2.65. The molecule has 0 saturated carbocycles. The van der Waals surface area contributed by atoms with Crippen LogP contribution in [0.2, 0.25) is 5.02 Å². The molecule has 138 valence electrons. The molecule has 1 aromatic heterocycles. The second-order valence-electron chi connectivity index (χ2n) is 7.09. The smallest absolute Gasteiger partial charge is 0.150 e. The number of ketones is 1. The number of aromatic nitrogens is 2. The zero-order valence-electron chi connectivity index (χ0n) is 14.9. The first kappa shape index (κ1) is 17.9. The van der Waals surface area contributed by atoms with Gasteiger partial charge in [0.15, 0.2) is 0 Å². The minimum absolute atomic E-state index is 0.113. The fourth-order valence-electron chi connectivity index (χ4n) is 3.54. The molecule has 2 N–H and O–H groups in total. The van der Waals surface area contributed by atoms with Gasteiger partial charge in [-0.2, -0.15) is 0 Å². The average molecular weight is 381 g/mol. The second kappa shape index (κ2) is 7.62. The van der Waals surface area contributed by atoms with Gasteiger partial charge in [0.05, 0.1) is 11.6 Å². The van der Waals surface area contributed by atoms with Crippen LogP contribution in [0.25, 0.3) is 10.9 Å². The van der Waals surface area contributed by atoms with Crippen LogP contribution in [0.1, 0.15) is 12.0 Å². The monoisotopic (exact) mass is 380 g/mol. The van der Waals surface area contributed by atoms with Gasteiger partial charge >= 0.3 is 0 Å². The highest BCUT2D eigenvalue weighted by atomic mass is 35.5. The van der Waals surface area contributed by atoms with E-state index < -0.39 is 6.04 Å². The number of hydrogen-bond donors (Lipinski definition) is 1. The standard InChI is InChI=1S/C21H21ClN4O/c22-16-7-5-14(6-8-16)9-18(23)20(27)10-15-11-26(12-15)21-17-3-1-2-4-19(17)24-13-25-21/h1-8,13,15,18H,9-12,23H2/t18-/m1/s1. The lowest BCUT2D eigenvalue weighted by molar-refractivity contribution is -0.121. The molecule has 0 unspecified atom stereocenters. The number of para-hydroxylation sites is 1. The third-order valence-electron chi connectivity index (χ3n) is 5.05. The first-order chi connectivity index (χ1) is 13.1. The molecule has 0 radical (unpaired) electrons. The van der Waals surface area contributed by atoms with Gasteiger partial charge in [0.2, 0.25) is 0 Å². The van der Waals surface area contributed by atoms with E-state index in [1.807, 2.05) is 48.5 Å². The Bertz CT molecular complexity index is 949. The minimum atomic E-state index is -0.472. The van der Waals surface area contributed by atoms with E-state index in [1.165, 1.54) is 0 Å². The molecule has 6 heteroatoms. The number of nitrogens with two attached hydrogens (primary N) is 1. The molecule has 2 aromatic carbocycles. The Labute approximate surface area is 163 Å². The van der Waals surface area contributed by atoms with Gasteiger partial charge in [0.1, 0.15) is 17.9 Å². The highest BCUT2D eigenvalue weighted by Crippen LogP contribution is 2.30. The van der Waals surface area contributed by atoms with Gasteiger partial charge in [-0.15, -0.1) is 0 Å². The van der Waals surface area contributed by atoms with Crippen molar-refractivity contribution in [2.75, 3.05) is 18.0 Å². The summed E-state index contributed by atoms with van der Waals surface area (Å²) in [5.41, 5.74) is 8.09. The Balaban J connectivity index is 1.33. The van der Waals surface area contributed by atoms with Crippen molar-refractivity contribution in [1.29, 1.82) is 0 Å². The molecule has 0 spiro atoms. The quantitative estimate of drug-likeness (QED) is 0.710. The number of benzene rings is 2. The summed E-state index contributed by atoms with van der Waals surface area (Å²) in [6.45, 7) is 1.64. The SMILES string of the molecule is N[C@H](Cc1ccc(Cl)cc1)C(=O)CC1CN(c2ncnc3ccccc23)C1. The van der Waals surface area contributed by atoms with E-state index in [0.29, 0.717) is 23.8 Å². The third-order valence-corrected chi connectivity index (χ3v) is 5.30. The second-order valence-corrected chi connectivity index (χ2v) is 7.53. The first-order valence-electron chi connectivity index (χ1n) is 9.07. The lowest BCUT2D eigenvalue weighted by Crippen LogP contribution is -2.49. The minimum Gasteiger partial charge on any atom is -0.355 e. The van der Waals surface area contributed by atoms with Crippen LogP contribution < -0.4 is 10.6 Å². The van der Waals surface area contributed by atoms with E-state index in [4.69, 9.17) is 17.3 Å². The lowest BCUT2D eigenvalue weighted by Gasteiger charge is -2.40. The van der Waals surface area contributed by atoms with Crippen LogP contribution in [0, 0.1) is 5.92 Å². The number of Topliss-reactive ketones (excluding diaryl/α,β-unsaturated/α-hetero) is 1. The van der Waals surface area contributed by atoms with Crippen molar-refractivity contribution in [1.82, 2.24) is 9.97 Å². The molecular weight excluding hydrogens is 360 g/mol. The van der Waals surface area contributed by atoms with E-state index in [0.717, 1.165) is 35.4 Å². The van der Waals surface area contributed by atoms with Gasteiger partial charge in [-0.1, -0.05) is 35.9 Å². The zero-order chi connectivity index (χ0) is 18.8. The molecule has 0 amide bonds. The van der Waals surface area contributed by atoms with Crippen LogP contribution >= 0.6 is 11.6 Å². The molecule has 1 fully saturated rings. The molecule has 1 saturated heterocycles. The molecule has 0 aliphatic carbocycles.